The van der Waals surface area contributed by atoms with Gasteiger partial charge in [0.15, 0.2) is 0 Å². The Morgan fingerprint density at radius 1 is 0.842 bits per heavy atom. The molecular weight excluding hydrogens is 234 g/mol. The average Bonchev–Trinajstić information content (AvgIpc) is 2.88. The number of nitrogens with two attached hydrogens (primary N) is 1. The molecule has 1 aromatic heterocycles. The minimum atomic E-state index is 0.0879. The van der Waals surface area contributed by atoms with Gasteiger partial charge in [0.25, 0.3) is 0 Å². The molecule has 0 amide bonds. The van der Waals surface area contributed by atoms with Crippen LogP contribution in [-0.2, 0) is 0 Å². The van der Waals surface area contributed by atoms with E-state index in [1.807, 2.05) is 36.4 Å². The van der Waals surface area contributed by atoms with E-state index in [1.165, 1.54) is 11.1 Å². The van der Waals surface area contributed by atoms with Gasteiger partial charge in [-0.1, -0.05) is 60.7 Å². The van der Waals surface area contributed by atoms with Gasteiger partial charge in [-0.05, 0) is 11.1 Å². The van der Waals surface area contributed by atoms with Crippen LogP contribution in [0, 0.1) is 0 Å². The van der Waals surface area contributed by atoms with E-state index in [1.54, 1.807) is 6.20 Å². The molecule has 1 heterocycles. The number of benzene rings is 2. The molecule has 0 aliphatic rings. The van der Waals surface area contributed by atoms with Crippen molar-refractivity contribution in [3.8, 4) is 0 Å². The lowest BCUT2D eigenvalue weighted by Gasteiger charge is -2.17. The number of hydrogen-bond acceptors (Lipinski definition) is 2. The number of aromatic amines is 1. The summed E-state index contributed by atoms with van der Waals surface area (Å²) in [6.07, 6.45) is 1.66. The molecular formula is C16H15N3. The van der Waals surface area contributed by atoms with Crippen molar-refractivity contribution >= 4 is 5.69 Å². The van der Waals surface area contributed by atoms with E-state index >= 15 is 0 Å². The van der Waals surface area contributed by atoms with Gasteiger partial charge >= 0.3 is 0 Å². The fourth-order valence-electron chi connectivity index (χ4n) is 2.35. The third-order valence-electron chi connectivity index (χ3n) is 3.25. The highest BCUT2D eigenvalue weighted by atomic mass is 15.1. The van der Waals surface area contributed by atoms with E-state index < -0.39 is 0 Å². The molecule has 94 valence electrons. The van der Waals surface area contributed by atoms with Gasteiger partial charge in [-0.3, -0.25) is 5.10 Å². The normalized spacial score (nSPS) is 10.8. The van der Waals surface area contributed by atoms with Crippen LogP contribution < -0.4 is 5.73 Å². The Bertz CT molecular complexity index is 605. The van der Waals surface area contributed by atoms with Crippen LogP contribution in [0.4, 0.5) is 5.69 Å². The minimum Gasteiger partial charge on any atom is -0.396 e. The Kier molecular flexibility index (Phi) is 3.02. The summed E-state index contributed by atoms with van der Waals surface area (Å²) in [4.78, 5) is 0. The van der Waals surface area contributed by atoms with Crippen molar-refractivity contribution in [1.82, 2.24) is 10.2 Å². The van der Waals surface area contributed by atoms with Crippen LogP contribution >= 0.6 is 0 Å². The zero-order valence-electron chi connectivity index (χ0n) is 10.5. The number of nitrogens with one attached hydrogen (secondary N) is 1. The molecule has 19 heavy (non-hydrogen) atoms. The van der Waals surface area contributed by atoms with Crippen molar-refractivity contribution in [1.29, 1.82) is 0 Å². The summed E-state index contributed by atoms with van der Waals surface area (Å²) in [7, 11) is 0. The lowest BCUT2D eigenvalue weighted by molar-refractivity contribution is 0.896. The van der Waals surface area contributed by atoms with Crippen molar-refractivity contribution in [2.24, 2.45) is 0 Å². The molecule has 0 saturated carbocycles. The summed E-state index contributed by atoms with van der Waals surface area (Å²) in [5, 5.41) is 7.07. The molecule has 0 spiro atoms. The van der Waals surface area contributed by atoms with Crippen molar-refractivity contribution in [3.63, 3.8) is 0 Å². The molecule has 3 nitrogen and oxygen atoms in total. The van der Waals surface area contributed by atoms with Crippen LogP contribution in [0.15, 0.2) is 66.9 Å². The van der Waals surface area contributed by atoms with E-state index in [-0.39, 0.29) is 5.92 Å². The Balaban J connectivity index is 2.15. The third kappa shape index (κ3) is 2.22. The van der Waals surface area contributed by atoms with Crippen molar-refractivity contribution in [2.45, 2.75) is 5.92 Å². The Labute approximate surface area is 112 Å². The first-order chi connectivity index (χ1) is 9.36. The number of nitrogens with zero attached hydrogens (tertiary/aromatic N) is 1. The van der Waals surface area contributed by atoms with Crippen LogP contribution in [0.1, 0.15) is 22.7 Å². The zero-order chi connectivity index (χ0) is 13.1. The number of rotatable bonds is 3. The topological polar surface area (TPSA) is 54.7 Å². The highest BCUT2D eigenvalue weighted by Crippen LogP contribution is 2.33. The predicted octanol–water partition coefficient (Wildman–Crippen LogP) is 3.17. The first-order valence-corrected chi connectivity index (χ1v) is 6.25. The molecule has 0 radical (unpaired) electrons. The molecule has 0 aliphatic heterocycles. The first-order valence-electron chi connectivity index (χ1n) is 6.25. The standard InChI is InChI=1S/C16H15N3/c17-14-11-18-19-16(14)15(12-7-3-1-4-8-12)13-9-5-2-6-10-13/h1-11,15H,17H2,(H,18,19). The predicted molar refractivity (Wildman–Crippen MR) is 76.8 cm³/mol. The number of nitrogen functional groups attached to an aromatic ring is 1. The monoisotopic (exact) mass is 249 g/mol. The zero-order valence-corrected chi connectivity index (χ0v) is 10.5. The highest BCUT2D eigenvalue weighted by molar-refractivity contribution is 5.51. The maximum atomic E-state index is 6.02. The van der Waals surface area contributed by atoms with E-state index in [2.05, 4.69) is 34.5 Å². The van der Waals surface area contributed by atoms with Crippen molar-refractivity contribution < 1.29 is 0 Å². The number of hydrogen-bond donors (Lipinski definition) is 2. The van der Waals surface area contributed by atoms with Gasteiger partial charge in [0.2, 0.25) is 0 Å². The quantitative estimate of drug-likeness (QED) is 0.749. The first kappa shape index (κ1) is 11.5. The third-order valence-corrected chi connectivity index (χ3v) is 3.25. The van der Waals surface area contributed by atoms with Crippen LogP contribution in [0.25, 0.3) is 0 Å². The highest BCUT2D eigenvalue weighted by Gasteiger charge is 2.20. The summed E-state index contributed by atoms with van der Waals surface area (Å²) in [5.74, 6) is 0.0879. The summed E-state index contributed by atoms with van der Waals surface area (Å²) < 4.78 is 0. The molecule has 2 aromatic carbocycles. The average molecular weight is 249 g/mol. The second-order valence-corrected chi connectivity index (χ2v) is 4.49. The number of aromatic nitrogens is 2. The Hall–Kier alpha value is -2.55. The molecule has 0 saturated heterocycles. The van der Waals surface area contributed by atoms with Gasteiger partial charge in [0.05, 0.1) is 23.5 Å². The van der Waals surface area contributed by atoms with E-state index in [0.29, 0.717) is 5.69 Å². The van der Waals surface area contributed by atoms with Gasteiger partial charge in [-0.2, -0.15) is 5.10 Å². The number of H-pyrrole nitrogens is 1. The summed E-state index contributed by atoms with van der Waals surface area (Å²) in [5.41, 5.74) is 10.1. The molecule has 0 fully saturated rings. The van der Waals surface area contributed by atoms with Crippen LogP contribution in [-0.4, -0.2) is 10.2 Å². The lowest BCUT2D eigenvalue weighted by atomic mass is 9.88. The molecule has 0 atom stereocenters. The molecule has 0 unspecified atom stereocenters. The molecule has 3 N–H and O–H groups in total. The maximum Gasteiger partial charge on any atom is 0.0740 e. The summed E-state index contributed by atoms with van der Waals surface area (Å²) in [6.45, 7) is 0. The van der Waals surface area contributed by atoms with Crippen molar-refractivity contribution in [3.05, 3.63) is 83.7 Å². The minimum absolute atomic E-state index is 0.0879. The van der Waals surface area contributed by atoms with E-state index in [4.69, 9.17) is 5.73 Å². The van der Waals surface area contributed by atoms with Gasteiger partial charge in [0, 0.05) is 0 Å². The second-order valence-electron chi connectivity index (χ2n) is 4.49. The van der Waals surface area contributed by atoms with E-state index in [9.17, 15) is 0 Å². The van der Waals surface area contributed by atoms with Gasteiger partial charge in [-0.15, -0.1) is 0 Å². The molecule has 0 aliphatic carbocycles. The second kappa shape index (κ2) is 4.98. The van der Waals surface area contributed by atoms with Gasteiger partial charge < -0.3 is 5.73 Å². The molecule has 0 bridgehead atoms. The Morgan fingerprint density at radius 3 is 1.79 bits per heavy atom. The summed E-state index contributed by atoms with van der Waals surface area (Å²) >= 11 is 0. The molecule has 3 rings (SSSR count). The smallest absolute Gasteiger partial charge is 0.0740 e. The largest absolute Gasteiger partial charge is 0.396 e. The molecule has 3 heteroatoms. The fourth-order valence-corrected chi connectivity index (χ4v) is 2.35. The lowest BCUT2D eigenvalue weighted by Crippen LogP contribution is -2.06. The Morgan fingerprint density at radius 2 is 1.37 bits per heavy atom. The van der Waals surface area contributed by atoms with Crippen molar-refractivity contribution in [2.75, 3.05) is 5.73 Å². The molecule has 3 aromatic rings. The fraction of sp³-hybridized carbons (Fsp3) is 0.0625. The van der Waals surface area contributed by atoms with Crippen LogP contribution in [0.5, 0.6) is 0 Å². The van der Waals surface area contributed by atoms with Crippen LogP contribution in [0.2, 0.25) is 0 Å². The van der Waals surface area contributed by atoms with Gasteiger partial charge in [0.1, 0.15) is 0 Å². The van der Waals surface area contributed by atoms with Crippen LogP contribution in [0.3, 0.4) is 0 Å². The van der Waals surface area contributed by atoms with Gasteiger partial charge in [-0.25, -0.2) is 0 Å². The summed E-state index contributed by atoms with van der Waals surface area (Å²) in [6, 6.07) is 20.6. The SMILES string of the molecule is Nc1cn[nH]c1C(c1ccccc1)c1ccccc1. The van der Waals surface area contributed by atoms with E-state index in [0.717, 1.165) is 5.69 Å². The number of anilines is 1. The maximum absolute atomic E-state index is 6.02.